The lowest BCUT2D eigenvalue weighted by molar-refractivity contribution is 0.525. The predicted octanol–water partition coefficient (Wildman–Crippen LogP) is 3.07. The van der Waals surface area contributed by atoms with Gasteiger partial charge >= 0.3 is 0 Å². The average Bonchev–Trinajstić information content (AvgIpc) is 3.17. The molecule has 1 aliphatic heterocycles. The smallest absolute Gasteiger partial charge is 0.140 e. The van der Waals surface area contributed by atoms with E-state index in [0.29, 0.717) is 5.82 Å². The number of rotatable bonds is 4. The number of aromatic nitrogens is 2. The van der Waals surface area contributed by atoms with E-state index in [-0.39, 0.29) is 5.54 Å². The van der Waals surface area contributed by atoms with Gasteiger partial charge in [-0.3, -0.25) is 0 Å². The van der Waals surface area contributed by atoms with Crippen LogP contribution in [0.1, 0.15) is 39.7 Å². The maximum Gasteiger partial charge on any atom is 0.140 e. The zero-order chi connectivity index (χ0) is 18.9. The van der Waals surface area contributed by atoms with Gasteiger partial charge in [-0.25, -0.2) is 9.98 Å². The number of H-pyrrole nitrogens is 1. The van der Waals surface area contributed by atoms with Gasteiger partial charge in [0.1, 0.15) is 11.5 Å². The number of allylic oxidation sites excluding steroid dienone is 3. The Kier molecular flexibility index (Phi) is 4.87. The molecule has 0 aromatic carbocycles. The van der Waals surface area contributed by atoms with E-state index in [1.54, 1.807) is 0 Å². The first kappa shape index (κ1) is 18.2. The van der Waals surface area contributed by atoms with Crippen molar-refractivity contribution in [2.45, 2.75) is 39.7 Å². The zero-order valence-electron chi connectivity index (χ0n) is 16.0. The normalized spacial score (nSPS) is 21.1. The summed E-state index contributed by atoms with van der Waals surface area (Å²) in [5.74, 6) is 0.536. The first-order valence-electron chi connectivity index (χ1n) is 8.97. The molecule has 0 bridgehead atoms. The van der Waals surface area contributed by atoms with Gasteiger partial charge in [-0.2, -0.15) is 0 Å². The molecular formula is C20H28N6. The Morgan fingerprint density at radius 2 is 2.19 bits per heavy atom. The van der Waals surface area contributed by atoms with Crippen LogP contribution in [-0.4, -0.2) is 34.3 Å². The van der Waals surface area contributed by atoms with Crippen molar-refractivity contribution < 1.29 is 0 Å². The van der Waals surface area contributed by atoms with Crippen LogP contribution in [0.2, 0.25) is 0 Å². The predicted molar refractivity (Wildman–Crippen MR) is 109 cm³/mol. The molecule has 2 aromatic rings. The lowest BCUT2D eigenvalue weighted by Gasteiger charge is -2.22. The molecule has 5 N–H and O–H groups in total. The summed E-state index contributed by atoms with van der Waals surface area (Å²) < 4.78 is 0. The topological polar surface area (TPSA) is 96.3 Å². The summed E-state index contributed by atoms with van der Waals surface area (Å²) in [6.45, 7) is 9.75. The maximum atomic E-state index is 6.35. The highest BCUT2D eigenvalue weighted by Gasteiger charge is 2.31. The van der Waals surface area contributed by atoms with Crippen LogP contribution in [0.5, 0.6) is 0 Å². The minimum atomic E-state index is -0.168. The summed E-state index contributed by atoms with van der Waals surface area (Å²) in [5.41, 5.74) is 17.1. The van der Waals surface area contributed by atoms with E-state index in [9.17, 15) is 0 Å². The molecule has 6 heteroatoms. The van der Waals surface area contributed by atoms with E-state index in [1.165, 1.54) is 0 Å². The molecule has 26 heavy (non-hydrogen) atoms. The highest BCUT2D eigenvalue weighted by atomic mass is 15.2. The average molecular weight is 352 g/mol. The van der Waals surface area contributed by atoms with E-state index >= 15 is 0 Å². The van der Waals surface area contributed by atoms with E-state index in [0.717, 1.165) is 53.1 Å². The van der Waals surface area contributed by atoms with Gasteiger partial charge in [0.2, 0.25) is 0 Å². The number of fused-ring (bicyclic) bond motifs is 1. The van der Waals surface area contributed by atoms with Crippen molar-refractivity contribution in [2.24, 2.45) is 16.5 Å². The monoisotopic (exact) mass is 352 g/mol. The molecule has 1 unspecified atom stereocenters. The van der Waals surface area contributed by atoms with Gasteiger partial charge in [0.05, 0.1) is 16.8 Å². The summed E-state index contributed by atoms with van der Waals surface area (Å²) in [4.78, 5) is 14.7. The third-order valence-electron chi connectivity index (χ3n) is 4.75. The summed E-state index contributed by atoms with van der Waals surface area (Å²) in [7, 11) is 0. The zero-order valence-corrected chi connectivity index (χ0v) is 16.0. The van der Waals surface area contributed by atoms with Gasteiger partial charge in [0, 0.05) is 36.6 Å². The first-order chi connectivity index (χ1) is 12.3. The van der Waals surface area contributed by atoms with Gasteiger partial charge in [0.15, 0.2) is 0 Å². The number of anilines is 1. The molecule has 3 rings (SSSR count). The third-order valence-corrected chi connectivity index (χ3v) is 4.75. The molecule has 0 spiro atoms. The van der Waals surface area contributed by atoms with E-state index < -0.39 is 0 Å². The fraction of sp³-hybridized carbons (Fsp3) is 0.400. The number of nitrogens with two attached hydrogens (primary N) is 2. The fourth-order valence-corrected chi connectivity index (χ4v) is 3.28. The molecule has 0 amide bonds. The Morgan fingerprint density at radius 1 is 1.42 bits per heavy atom. The van der Waals surface area contributed by atoms with Crippen molar-refractivity contribution in [2.75, 3.05) is 18.0 Å². The summed E-state index contributed by atoms with van der Waals surface area (Å²) in [6, 6.07) is 2.05. The molecular weight excluding hydrogens is 324 g/mol. The molecule has 3 heterocycles. The molecule has 1 fully saturated rings. The first-order valence-corrected chi connectivity index (χ1v) is 8.97. The van der Waals surface area contributed by atoms with Crippen LogP contribution in [0.3, 0.4) is 0 Å². The Hall–Kier alpha value is -2.60. The fourth-order valence-electron chi connectivity index (χ4n) is 3.28. The molecule has 0 radical (unpaired) electrons. The molecule has 0 aliphatic carbocycles. The number of pyridine rings is 1. The van der Waals surface area contributed by atoms with Crippen LogP contribution >= 0.6 is 0 Å². The molecule has 1 aliphatic rings. The second kappa shape index (κ2) is 6.96. The largest absolute Gasteiger partial charge is 0.384 e. The van der Waals surface area contributed by atoms with Crippen molar-refractivity contribution in [1.29, 1.82) is 0 Å². The van der Waals surface area contributed by atoms with Crippen LogP contribution < -0.4 is 16.4 Å². The van der Waals surface area contributed by atoms with Crippen LogP contribution in [0.15, 0.2) is 47.0 Å². The van der Waals surface area contributed by atoms with Gasteiger partial charge in [-0.1, -0.05) is 6.08 Å². The molecule has 1 atom stereocenters. The minimum Gasteiger partial charge on any atom is -0.384 e. The van der Waals surface area contributed by atoms with Gasteiger partial charge in [0.25, 0.3) is 0 Å². The minimum absolute atomic E-state index is 0.168. The van der Waals surface area contributed by atoms with Crippen LogP contribution in [0.25, 0.3) is 11.0 Å². The Bertz CT molecular complexity index is 896. The molecule has 6 nitrogen and oxygen atoms in total. The number of aliphatic imine (C=N–C) groups is 1. The SMILES string of the molecule is C/C=C\C(=N/C(N)=C(C)C)c1c[nH]c2nccc(N3CCC(C)(N)C3)c12. The van der Waals surface area contributed by atoms with Crippen LogP contribution in [0, 0.1) is 0 Å². The Labute approximate surface area is 154 Å². The van der Waals surface area contributed by atoms with E-state index in [1.807, 2.05) is 45.3 Å². The third kappa shape index (κ3) is 3.51. The van der Waals surface area contributed by atoms with Crippen molar-refractivity contribution >= 4 is 22.4 Å². The second-order valence-corrected chi connectivity index (χ2v) is 7.46. The van der Waals surface area contributed by atoms with Gasteiger partial charge < -0.3 is 21.4 Å². The van der Waals surface area contributed by atoms with Crippen molar-refractivity contribution in [1.82, 2.24) is 9.97 Å². The number of aromatic amines is 1. The summed E-state index contributed by atoms with van der Waals surface area (Å²) in [6.07, 6.45) is 8.71. The van der Waals surface area contributed by atoms with Crippen molar-refractivity contribution in [3.8, 4) is 0 Å². The number of hydrogen-bond acceptors (Lipinski definition) is 5. The number of nitrogens with one attached hydrogen (secondary N) is 1. The van der Waals surface area contributed by atoms with Crippen LogP contribution in [-0.2, 0) is 0 Å². The lowest BCUT2D eigenvalue weighted by Crippen LogP contribution is -2.39. The quantitative estimate of drug-likeness (QED) is 0.737. The Morgan fingerprint density at radius 3 is 2.81 bits per heavy atom. The number of hydrogen-bond donors (Lipinski definition) is 3. The highest BCUT2D eigenvalue weighted by molar-refractivity contribution is 6.18. The highest BCUT2D eigenvalue weighted by Crippen LogP contribution is 2.33. The maximum absolute atomic E-state index is 6.35. The van der Waals surface area contributed by atoms with Crippen molar-refractivity contribution in [3.63, 3.8) is 0 Å². The number of nitrogens with zero attached hydrogens (tertiary/aromatic N) is 3. The molecule has 2 aromatic heterocycles. The van der Waals surface area contributed by atoms with Gasteiger partial charge in [-0.15, -0.1) is 0 Å². The lowest BCUT2D eigenvalue weighted by atomic mass is 10.0. The van der Waals surface area contributed by atoms with Crippen molar-refractivity contribution in [3.05, 3.63) is 47.6 Å². The van der Waals surface area contributed by atoms with Gasteiger partial charge in [-0.05, 0) is 51.8 Å². The molecule has 138 valence electrons. The summed E-state index contributed by atoms with van der Waals surface area (Å²) in [5, 5.41) is 1.06. The van der Waals surface area contributed by atoms with E-state index in [2.05, 4.69) is 32.9 Å². The van der Waals surface area contributed by atoms with Crippen LogP contribution in [0.4, 0.5) is 5.69 Å². The standard InChI is InChI=1S/C20H28N6/c1-5-6-15(25-18(21)13(2)3)14-11-24-19-17(14)16(7-9-23-19)26-10-8-20(4,22)12-26/h5-7,9,11H,8,10,12,21-22H2,1-4H3,(H,23,24)/b6-5-,25-15+. The second-order valence-electron chi connectivity index (χ2n) is 7.46. The summed E-state index contributed by atoms with van der Waals surface area (Å²) >= 11 is 0. The Balaban J connectivity index is 2.17. The molecule has 0 saturated carbocycles. The van der Waals surface area contributed by atoms with E-state index in [4.69, 9.17) is 11.5 Å². The molecule has 1 saturated heterocycles.